The predicted octanol–water partition coefficient (Wildman–Crippen LogP) is 5.85. The first-order valence-corrected chi connectivity index (χ1v) is 10.7. The van der Waals surface area contributed by atoms with Crippen molar-refractivity contribution in [3.05, 3.63) is 49.9 Å². The monoisotopic (exact) mass is 474 g/mol. The van der Waals surface area contributed by atoms with Gasteiger partial charge in [-0.1, -0.05) is 52.5 Å². The highest BCUT2D eigenvalue weighted by Gasteiger charge is 2.29. The van der Waals surface area contributed by atoms with Crippen LogP contribution in [0.5, 0.6) is 11.5 Å². The highest BCUT2D eigenvalue weighted by molar-refractivity contribution is 6.50. The van der Waals surface area contributed by atoms with Gasteiger partial charge in [0.1, 0.15) is 13.2 Å². The van der Waals surface area contributed by atoms with E-state index in [1.807, 2.05) is 18.2 Å². The van der Waals surface area contributed by atoms with Crippen LogP contribution in [0.3, 0.4) is 0 Å². The lowest BCUT2D eigenvalue weighted by molar-refractivity contribution is -0.117. The maximum absolute atomic E-state index is 12.7. The molecule has 1 amide bonds. The third-order valence-corrected chi connectivity index (χ3v) is 6.61. The van der Waals surface area contributed by atoms with E-state index in [0.29, 0.717) is 13.2 Å². The van der Waals surface area contributed by atoms with Crippen LogP contribution in [0.2, 0.25) is 20.1 Å². The van der Waals surface area contributed by atoms with E-state index in [4.69, 9.17) is 55.9 Å². The first-order chi connectivity index (χ1) is 13.9. The molecule has 0 aliphatic carbocycles. The second-order valence-corrected chi connectivity index (χ2v) is 8.49. The van der Waals surface area contributed by atoms with Crippen LogP contribution < -0.4 is 14.8 Å². The number of carbonyl (C=O) groups excluding carboxylic acids is 1. The molecule has 2 heterocycles. The Morgan fingerprint density at radius 3 is 2.45 bits per heavy atom. The first-order valence-electron chi connectivity index (χ1n) is 9.20. The zero-order valence-corrected chi connectivity index (χ0v) is 18.3. The van der Waals surface area contributed by atoms with Gasteiger partial charge < -0.3 is 14.8 Å². The van der Waals surface area contributed by atoms with Gasteiger partial charge in [0.2, 0.25) is 5.91 Å². The van der Waals surface area contributed by atoms with E-state index in [9.17, 15) is 4.79 Å². The zero-order chi connectivity index (χ0) is 20.5. The molecule has 29 heavy (non-hydrogen) atoms. The standard InChI is InChI=1S/C20H18Cl4N2O3/c21-12-9-13(22)19(24)20(18(12)23)25-17(27)10-26-5-1-2-14(26)11-3-4-15-16(8-11)29-7-6-28-15/h3-4,8-9,14H,1-2,5-7,10H2,(H,25,27). The topological polar surface area (TPSA) is 50.8 Å². The summed E-state index contributed by atoms with van der Waals surface area (Å²) in [6.07, 6.45) is 1.95. The minimum absolute atomic E-state index is 0.116. The molecule has 0 spiro atoms. The smallest absolute Gasteiger partial charge is 0.238 e. The largest absolute Gasteiger partial charge is 0.486 e. The lowest BCUT2D eigenvalue weighted by Crippen LogP contribution is -2.33. The number of fused-ring (bicyclic) bond motifs is 1. The van der Waals surface area contributed by atoms with E-state index in [0.717, 1.165) is 36.4 Å². The Bertz CT molecular complexity index is 928. The summed E-state index contributed by atoms with van der Waals surface area (Å²) in [5.74, 6) is 1.26. The molecule has 4 rings (SSSR count). The molecule has 5 nitrogen and oxygen atoms in total. The van der Waals surface area contributed by atoms with Crippen LogP contribution in [-0.4, -0.2) is 37.1 Å². The van der Waals surface area contributed by atoms with Gasteiger partial charge in [-0.3, -0.25) is 9.69 Å². The number of halogens is 4. The summed E-state index contributed by atoms with van der Waals surface area (Å²) in [5.41, 5.74) is 1.33. The van der Waals surface area contributed by atoms with E-state index in [1.165, 1.54) is 6.07 Å². The molecule has 1 atom stereocenters. The van der Waals surface area contributed by atoms with Gasteiger partial charge >= 0.3 is 0 Å². The normalized spacial score (nSPS) is 18.7. The van der Waals surface area contributed by atoms with E-state index in [2.05, 4.69) is 10.2 Å². The lowest BCUT2D eigenvalue weighted by atomic mass is 10.0. The van der Waals surface area contributed by atoms with Crippen molar-refractivity contribution >= 4 is 58.0 Å². The number of nitrogens with one attached hydrogen (secondary N) is 1. The SMILES string of the molecule is O=C(CN1CCCC1c1ccc2c(c1)OCCO2)Nc1c(Cl)c(Cl)cc(Cl)c1Cl. The lowest BCUT2D eigenvalue weighted by Gasteiger charge is -2.26. The summed E-state index contributed by atoms with van der Waals surface area (Å²) in [4.78, 5) is 14.8. The van der Waals surface area contributed by atoms with Crippen LogP contribution >= 0.6 is 46.4 Å². The van der Waals surface area contributed by atoms with Gasteiger partial charge in [-0.15, -0.1) is 0 Å². The van der Waals surface area contributed by atoms with Crippen molar-refractivity contribution < 1.29 is 14.3 Å². The summed E-state index contributed by atoms with van der Waals surface area (Å²) < 4.78 is 11.3. The van der Waals surface area contributed by atoms with E-state index >= 15 is 0 Å². The van der Waals surface area contributed by atoms with Crippen molar-refractivity contribution in [3.63, 3.8) is 0 Å². The van der Waals surface area contributed by atoms with Crippen molar-refractivity contribution in [2.45, 2.75) is 18.9 Å². The fourth-order valence-corrected chi connectivity index (χ4v) is 4.61. The molecule has 0 bridgehead atoms. The zero-order valence-electron chi connectivity index (χ0n) is 15.3. The quantitative estimate of drug-likeness (QED) is 0.563. The fourth-order valence-electron chi connectivity index (χ4n) is 3.71. The summed E-state index contributed by atoms with van der Waals surface area (Å²) in [6, 6.07) is 7.51. The van der Waals surface area contributed by atoms with E-state index < -0.39 is 0 Å². The third kappa shape index (κ3) is 4.39. The molecule has 1 N–H and O–H groups in total. The van der Waals surface area contributed by atoms with Crippen LogP contribution in [0.4, 0.5) is 5.69 Å². The maximum Gasteiger partial charge on any atom is 0.238 e. The number of hydrogen-bond acceptors (Lipinski definition) is 4. The maximum atomic E-state index is 12.7. The molecular formula is C20H18Cl4N2O3. The van der Waals surface area contributed by atoms with Crippen LogP contribution in [0.15, 0.2) is 24.3 Å². The van der Waals surface area contributed by atoms with Crippen molar-refractivity contribution in [1.82, 2.24) is 4.90 Å². The predicted molar refractivity (Wildman–Crippen MR) is 116 cm³/mol. The van der Waals surface area contributed by atoms with Crippen LogP contribution in [0.1, 0.15) is 24.4 Å². The summed E-state index contributed by atoms with van der Waals surface area (Å²) in [6.45, 7) is 2.10. The van der Waals surface area contributed by atoms with E-state index in [1.54, 1.807) is 0 Å². The Balaban J connectivity index is 1.49. The van der Waals surface area contributed by atoms with Gasteiger partial charge in [0, 0.05) is 6.04 Å². The number of rotatable bonds is 4. The minimum atomic E-state index is -0.239. The second kappa shape index (κ2) is 8.78. The second-order valence-electron chi connectivity index (χ2n) is 6.92. The number of benzene rings is 2. The molecule has 1 fully saturated rings. The molecule has 2 aromatic rings. The Morgan fingerprint density at radius 2 is 1.72 bits per heavy atom. The van der Waals surface area contributed by atoms with E-state index in [-0.39, 0.29) is 44.3 Å². The average Bonchev–Trinajstić information content (AvgIpc) is 3.17. The Hall–Kier alpha value is -1.37. The van der Waals surface area contributed by atoms with Crippen molar-refractivity contribution in [2.75, 3.05) is 31.6 Å². The molecule has 9 heteroatoms. The number of hydrogen-bond donors (Lipinski definition) is 1. The molecule has 2 aliphatic rings. The molecular weight excluding hydrogens is 458 g/mol. The van der Waals surface area contributed by atoms with Gasteiger partial charge in [-0.2, -0.15) is 0 Å². The Morgan fingerprint density at radius 1 is 1.03 bits per heavy atom. The van der Waals surface area contributed by atoms with Gasteiger partial charge in [-0.05, 0) is 43.1 Å². The molecule has 0 saturated carbocycles. The molecule has 1 unspecified atom stereocenters. The summed E-state index contributed by atoms with van der Waals surface area (Å²) in [7, 11) is 0. The van der Waals surface area contributed by atoms with Crippen LogP contribution in [-0.2, 0) is 4.79 Å². The number of likely N-dealkylation sites (tertiary alicyclic amines) is 1. The van der Waals surface area contributed by atoms with Crippen molar-refractivity contribution in [1.29, 1.82) is 0 Å². The van der Waals surface area contributed by atoms with Gasteiger partial charge in [0.05, 0.1) is 32.3 Å². The average molecular weight is 476 g/mol. The minimum Gasteiger partial charge on any atom is -0.486 e. The molecule has 154 valence electrons. The van der Waals surface area contributed by atoms with Crippen molar-refractivity contribution in [3.8, 4) is 11.5 Å². The molecule has 0 radical (unpaired) electrons. The van der Waals surface area contributed by atoms with Gasteiger partial charge in [0.25, 0.3) is 0 Å². The van der Waals surface area contributed by atoms with Crippen LogP contribution in [0, 0.1) is 0 Å². The number of nitrogens with zero attached hydrogens (tertiary/aromatic N) is 1. The highest BCUT2D eigenvalue weighted by Crippen LogP contribution is 2.41. The van der Waals surface area contributed by atoms with Crippen molar-refractivity contribution in [2.24, 2.45) is 0 Å². The Labute approximate surface area is 188 Å². The van der Waals surface area contributed by atoms with Crippen LogP contribution in [0.25, 0.3) is 0 Å². The number of amides is 1. The molecule has 0 aromatic heterocycles. The summed E-state index contributed by atoms with van der Waals surface area (Å²) in [5, 5.41) is 3.54. The molecule has 2 aliphatic heterocycles. The molecule has 2 aromatic carbocycles. The fraction of sp³-hybridized carbons (Fsp3) is 0.350. The highest BCUT2D eigenvalue weighted by atomic mass is 35.5. The first kappa shape index (κ1) is 20.9. The number of anilines is 1. The molecule has 1 saturated heterocycles. The number of carbonyl (C=O) groups is 1. The summed E-state index contributed by atoms with van der Waals surface area (Å²) >= 11 is 24.5. The number of ether oxygens (including phenoxy) is 2. The Kier molecular flexibility index (Phi) is 6.32. The third-order valence-electron chi connectivity index (χ3n) is 5.04. The van der Waals surface area contributed by atoms with Gasteiger partial charge in [0.15, 0.2) is 11.5 Å². The van der Waals surface area contributed by atoms with Gasteiger partial charge in [-0.25, -0.2) is 0 Å².